The Hall–Kier alpha value is -1.42. The number of fused-ring (bicyclic) bond motifs is 1. The van der Waals surface area contributed by atoms with Crippen molar-refractivity contribution in [3.05, 3.63) is 18.2 Å². The largest absolute Gasteiger partial charge is 0.490 e. The first-order valence-corrected chi connectivity index (χ1v) is 6.58. The molecule has 1 aliphatic heterocycles. The van der Waals surface area contributed by atoms with E-state index < -0.39 is 0 Å². The van der Waals surface area contributed by atoms with Gasteiger partial charge in [-0.3, -0.25) is 4.79 Å². The average molecular weight is 270 g/mol. The van der Waals surface area contributed by atoms with Crippen molar-refractivity contribution in [3.8, 4) is 11.5 Å². The van der Waals surface area contributed by atoms with E-state index in [0.29, 0.717) is 37.7 Å². The highest BCUT2D eigenvalue weighted by atomic mass is 35.5. The second-order valence-corrected chi connectivity index (χ2v) is 4.43. The maximum absolute atomic E-state index is 11.6. The second-order valence-electron chi connectivity index (χ2n) is 4.05. The van der Waals surface area contributed by atoms with Crippen molar-refractivity contribution in [2.45, 2.75) is 19.3 Å². The van der Waals surface area contributed by atoms with Crippen LogP contribution in [0.3, 0.4) is 0 Å². The van der Waals surface area contributed by atoms with E-state index in [-0.39, 0.29) is 5.91 Å². The van der Waals surface area contributed by atoms with Gasteiger partial charge in [-0.1, -0.05) is 0 Å². The van der Waals surface area contributed by atoms with E-state index in [1.165, 1.54) is 0 Å². The lowest BCUT2D eigenvalue weighted by atomic mass is 10.2. The van der Waals surface area contributed by atoms with Crippen molar-refractivity contribution in [3.63, 3.8) is 0 Å². The highest BCUT2D eigenvalue weighted by molar-refractivity contribution is 6.18. The van der Waals surface area contributed by atoms with Gasteiger partial charge in [0.25, 0.3) is 0 Å². The molecule has 0 bridgehead atoms. The van der Waals surface area contributed by atoms with Gasteiger partial charge >= 0.3 is 0 Å². The lowest BCUT2D eigenvalue weighted by Crippen LogP contribution is -2.11. The van der Waals surface area contributed by atoms with Gasteiger partial charge < -0.3 is 14.8 Å². The summed E-state index contributed by atoms with van der Waals surface area (Å²) in [6, 6.07) is 5.42. The van der Waals surface area contributed by atoms with Crippen LogP contribution in [0.2, 0.25) is 0 Å². The molecule has 0 aromatic heterocycles. The van der Waals surface area contributed by atoms with Crippen LogP contribution in [-0.2, 0) is 4.79 Å². The van der Waals surface area contributed by atoms with Crippen LogP contribution in [0.15, 0.2) is 18.2 Å². The second kappa shape index (κ2) is 6.50. The first-order valence-electron chi connectivity index (χ1n) is 6.05. The van der Waals surface area contributed by atoms with Gasteiger partial charge in [-0.25, -0.2) is 0 Å². The minimum Gasteiger partial charge on any atom is -0.490 e. The zero-order valence-corrected chi connectivity index (χ0v) is 10.8. The number of benzene rings is 1. The van der Waals surface area contributed by atoms with Crippen LogP contribution in [0.25, 0.3) is 0 Å². The Morgan fingerprint density at radius 2 is 2.06 bits per heavy atom. The van der Waals surface area contributed by atoms with E-state index in [4.69, 9.17) is 21.1 Å². The Kier molecular flexibility index (Phi) is 4.70. The molecule has 0 atom stereocenters. The standard InChI is InChI=1S/C13H16ClNO3/c14-6-1-3-13(16)15-10-4-5-11-12(9-10)18-8-2-7-17-11/h4-5,9H,1-3,6-8H2,(H,15,16). The quantitative estimate of drug-likeness (QED) is 0.855. The molecule has 0 saturated carbocycles. The molecule has 0 radical (unpaired) electrons. The summed E-state index contributed by atoms with van der Waals surface area (Å²) in [4.78, 5) is 11.6. The van der Waals surface area contributed by atoms with E-state index in [1.807, 2.05) is 12.1 Å². The smallest absolute Gasteiger partial charge is 0.224 e. The van der Waals surface area contributed by atoms with Crippen molar-refractivity contribution < 1.29 is 14.3 Å². The zero-order chi connectivity index (χ0) is 12.8. The minimum atomic E-state index is -0.0369. The Morgan fingerprint density at radius 3 is 2.83 bits per heavy atom. The molecule has 4 nitrogen and oxygen atoms in total. The number of hydrogen-bond donors (Lipinski definition) is 1. The van der Waals surface area contributed by atoms with Gasteiger partial charge in [0.05, 0.1) is 13.2 Å². The van der Waals surface area contributed by atoms with Crippen LogP contribution in [0.1, 0.15) is 19.3 Å². The van der Waals surface area contributed by atoms with Crippen molar-refractivity contribution in [2.75, 3.05) is 24.4 Å². The number of halogens is 1. The van der Waals surface area contributed by atoms with Crippen LogP contribution in [0.5, 0.6) is 11.5 Å². The molecule has 0 fully saturated rings. The molecule has 1 heterocycles. The summed E-state index contributed by atoms with van der Waals surface area (Å²) in [7, 11) is 0. The van der Waals surface area contributed by atoms with Crippen molar-refractivity contribution in [1.82, 2.24) is 0 Å². The molecular formula is C13H16ClNO3. The SMILES string of the molecule is O=C(CCCCl)Nc1ccc2c(c1)OCCCO2. The summed E-state index contributed by atoms with van der Waals surface area (Å²) in [6.45, 7) is 1.30. The van der Waals surface area contributed by atoms with E-state index in [1.54, 1.807) is 6.07 Å². The maximum atomic E-state index is 11.6. The van der Waals surface area contributed by atoms with Gasteiger partial charge in [-0.05, 0) is 18.6 Å². The summed E-state index contributed by atoms with van der Waals surface area (Å²) >= 11 is 5.55. The third-order valence-electron chi connectivity index (χ3n) is 2.57. The average Bonchev–Trinajstić information content (AvgIpc) is 2.61. The fourth-order valence-electron chi connectivity index (χ4n) is 1.69. The lowest BCUT2D eigenvalue weighted by molar-refractivity contribution is -0.116. The molecule has 1 N–H and O–H groups in total. The Morgan fingerprint density at radius 1 is 1.28 bits per heavy atom. The zero-order valence-electron chi connectivity index (χ0n) is 10.1. The van der Waals surface area contributed by atoms with Gasteiger partial charge in [0.2, 0.25) is 5.91 Å². The van der Waals surface area contributed by atoms with Crippen LogP contribution >= 0.6 is 11.6 Å². The molecule has 2 rings (SSSR count). The van der Waals surface area contributed by atoms with Gasteiger partial charge in [0.15, 0.2) is 11.5 Å². The number of alkyl halides is 1. The van der Waals surface area contributed by atoms with E-state index in [2.05, 4.69) is 5.32 Å². The number of amides is 1. The van der Waals surface area contributed by atoms with Crippen LogP contribution in [0.4, 0.5) is 5.69 Å². The number of nitrogens with one attached hydrogen (secondary N) is 1. The van der Waals surface area contributed by atoms with E-state index in [0.717, 1.165) is 17.9 Å². The summed E-state index contributed by atoms with van der Waals surface area (Å²) < 4.78 is 11.1. The maximum Gasteiger partial charge on any atom is 0.224 e. The summed E-state index contributed by atoms with van der Waals surface area (Å²) in [6.07, 6.45) is 1.97. The molecule has 1 aromatic rings. The first-order chi connectivity index (χ1) is 8.79. The van der Waals surface area contributed by atoms with Crippen molar-refractivity contribution >= 4 is 23.2 Å². The number of ether oxygens (including phenoxy) is 2. The normalized spacial score (nSPS) is 13.8. The monoisotopic (exact) mass is 269 g/mol. The highest BCUT2D eigenvalue weighted by Gasteiger charge is 2.11. The van der Waals surface area contributed by atoms with Gasteiger partial charge in [0.1, 0.15) is 0 Å². The molecule has 0 aliphatic carbocycles. The molecule has 1 aromatic carbocycles. The van der Waals surface area contributed by atoms with Crippen LogP contribution in [0, 0.1) is 0 Å². The topological polar surface area (TPSA) is 47.6 Å². The van der Waals surface area contributed by atoms with Gasteiger partial charge in [-0.15, -0.1) is 11.6 Å². The molecule has 1 amide bonds. The van der Waals surface area contributed by atoms with Gasteiger partial charge in [-0.2, -0.15) is 0 Å². The number of carbonyl (C=O) groups excluding carboxylic acids is 1. The molecule has 0 spiro atoms. The van der Waals surface area contributed by atoms with Crippen molar-refractivity contribution in [1.29, 1.82) is 0 Å². The third-order valence-corrected chi connectivity index (χ3v) is 2.84. The molecule has 98 valence electrons. The highest BCUT2D eigenvalue weighted by Crippen LogP contribution is 2.32. The summed E-state index contributed by atoms with van der Waals surface area (Å²) in [5.41, 5.74) is 0.721. The van der Waals surface area contributed by atoms with E-state index in [9.17, 15) is 4.79 Å². The number of carbonyl (C=O) groups is 1. The Labute approximate surface area is 111 Å². The summed E-state index contributed by atoms with van der Waals surface area (Å²) in [5.74, 6) is 1.87. The van der Waals surface area contributed by atoms with Crippen molar-refractivity contribution in [2.24, 2.45) is 0 Å². The number of rotatable bonds is 4. The van der Waals surface area contributed by atoms with Crippen LogP contribution < -0.4 is 14.8 Å². The molecule has 18 heavy (non-hydrogen) atoms. The molecule has 0 saturated heterocycles. The van der Waals surface area contributed by atoms with Gasteiger partial charge in [0, 0.05) is 30.5 Å². The molecule has 5 heteroatoms. The molecule has 1 aliphatic rings. The fraction of sp³-hybridized carbons (Fsp3) is 0.462. The van der Waals surface area contributed by atoms with Crippen LogP contribution in [-0.4, -0.2) is 25.0 Å². The fourth-order valence-corrected chi connectivity index (χ4v) is 1.83. The molecule has 0 unspecified atom stereocenters. The lowest BCUT2D eigenvalue weighted by Gasteiger charge is -2.10. The number of hydrogen-bond acceptors (Lipinski definition) is 3. The molecular weight excluding hydrogens is 254 g/mol. The third kappa shape index (κ3) is 3.53. The Bertz CT molecular complexity index is 423. The summed E-state index contributed by atoms with van der Waals surface area (Å²) in [5, 5.41) is 2.81. The predicted octanol–water partition coefficient (Wildman–Crippen LogP) is 2.81. The minimum absolute atomic E-state index is 0.0369. The van der Waals surface area contributed by atoms with E-state index >= 15 is 0 Å². The predicted molar refractivity (Wildman–Crippen MR) is 70.6 cm³/mol. The number of anilines is 1. The Balaban J connectivity index is 2.01. The first kappa shape index (κ1) is 13.0.